The quantitative estimate of drug-likeness (QED) is 0.923. The van der Waals surface area contributed by atoms with E-state index < -0.39 is 0 Å². The van der Waals surface area contributed by atoms with Crippen LogP contribution in [0.3, 0.4) is 0 Å². The van der Waals surface area contributed by atoms with Crippen molar-refractivity contribution in [3.05, 3.63) is 40.7 Å². The van der Waals surface area contributed by atoms with Gasteiger partial charge in [0.05, 0.1) is 12.4 Å². The smallest absolute Gasteiger partial charge is 0.237 e. The highest BCUT2D eigenvalue weighted by Gasteiger charge is 2.11. The highest BCUT2D eigenvalue weighted by atomic mass is 35.5. The molecule has 100 valence electrons. The van der Waals surface area contributed by atoms with Crippen LogP contribution in [-0.2, 0) is 0 Å². The number of anilines is 1. The lowest BCUT2D eigenvalue weighted by atomic mass is 10.0. The average molecular weight is 278 g/mol. The van der Waals surface area contributed by atoms with Gasteiger partial charge in [-0.2, -0.15) is 0 Å². The number of nitrogen functional groups attached to an aromatic ring is 1. The van der Waals surface area contributed by atoms with Crippen LogP contribution in [0.2, 0.25) is 5.02 Å². The zero-order chi connectivity index (χ0) is 14.0. The summed E-state index contributed by atoms with van der Waals surface area (Å²) < 4.78 is 5.72. The summed E-state index contributed by atoms with van der Waals surface area (Å²) in [7, 11) is 0. The monoisotopic (exact) mass is 277 g/mol. The highest BCUT2D eigenvalue weighted by Crippen LogP contribution is 2.33. The molecule has 0 amide bonds. The minimum atomic E-state index is 0.327. The number of aryl methyl sites for hydroxylation is 1. The Morgan fingerprint density at radius 2 is 1.95 bits per heavy atom. The van der Waals surface area contributed by atoms with Crippen LogP contribution >= 0.6 is 11.6 Å². The van der Waals surface area contributed by atoms with E-state index in [9.17, 15) is 0 Å². The van der Waals surface area contributed by atoms with Gasteiger partial charge in [0, 0.05) is 5.02 Å². The van der Waals surface area contributed by atoms with Gasteiger partial charge in [0.15, 0.2) is 0 Å². The SMILES string of the molecule is Cc1cc(Cl)c(C(C)C)cc1Oc1cnc(N)cn1. The number of hydrogen-bond donors (Lipinski definition) is 1. The summed E-state index contributed by atoms with van der Waals surface area (Å²) in [6.45, 7) is 6.11. The molecule has 0 fully saturated rings. The highest BCUT2D eigenvalue weighted by molar-refractivity contribution is 6.31. The molecule has 0 aliphatic carbocycles. The zero-order valence-corrected chi connectivity index (χ0v) is 11.9. The van der Waals surface area contributed by atoms with Crippen molar-refractivity contribution >= 4 is 17.4 Å². The van der Waals surface area contributed by atoms with Crippen molar-refractivity contribution in [1.82, 2.24) is 9.97 Å². The number of benzene rings is 1. The number of rotatable bonds is 3. The maximum Gasteiger partial charge on any atom is 0.237 e. The third kappa shape index (κ3) is 3.15. The van der Waals surface area contributed by atoms with Crippen LogP contribution in [0, 0.1) is 6.92 Å². The average Bonchev–Trinajstić information content (AvgIpc) is 2.34. The Bertz CT molecular complexity index is 582. The Hall–Kier alpha value is -1.81. The van der Waals surface area contributed by atoms with E-state index in [0.29, 0.717) is 17.6 Å². The minimum absolute atomic E-state index is 0.327. The van der Waals surface area contributed by atoms with Crippen LogP contribution in [0.25, 0.3) is 0 Å². The number of halogens is 1. The van der Waals surface area contributed by atoms with Crippen molar-refractivity contribution in [1.29, 1.82) is 0 Å². The topological polar surface area (TPSA) is 61.0 Å². The molecule has 2 N–H and O–H groups in total. The largest absolute Gasteiger partial charge is 0.437 e. The Balaban J connectivity index is 2.34. The first-order valence-electron chi connectivity index (χ1n) is 6.02. The number of ether oxygens (including phenoxy) is 1. The lowest BCUT2D eigenvalue weighted by molar-refractivity contribution is 0.456. The molecule has 0 saturated carbocycles. The minimum Gasteiger partial charge on any atom is -0.437 e. The lowest BCUT2D eigenvalue weighted by Crippen LogP contribution is -1.97. The van der Waals surface area contributed by atoms with E-state index in [-0.39, 0.29) is 0 Å². The van der Waals surface area contributed by atoms with Crippen molar-refractivity contribution in [3.63, 3.8) is 0 Å². The number of aromatic nitrogens is 2. The van der Waals surface area contributed by atoms with E-state index in [1.165, 1.54) is 12.4 Å². The summed E-state index contributed by atoms with van der Waals surface area (Å²) in [4.78, 5) is 8.01. The second-order valence-electron chi connectivity index (χ2n) is 4.68. The number of hydrogen-bond acceptors (Lipinski definition) is 4. The fraction of sp³-hybridized carbons (Fsp3) is 0.286. The molecule has 19 heavy (non-hydrogen) atoms. The third-order valence-electron chi connectivity index (χ3n) is 2.78. The Morgan fingerprint density at radius 1 is 1.21 bits per heavy atom. The van der Waals surface area contributed by atoms with Gasteiger partial charge < -0.3 is 10.5 Å². The Kier molecular flexibility index (Phi) is 3.90. The molecule has 0 bridgehead atoms. The summed E-state index contributed by atoms with van der Waals surface area (Å²) in [5.74, 6) is 1.83. The predicted octanol–water partition coefficient (Wildman–Crippen LogP) is 3.94. The van der Waals surface area contributed by atoms with Crippen LogP contribution in [0.1, 0.15) is 30.9 Å². The molecule has 0 aliphatic rings. The summed E-state index contributed by atoms with van der Waals surface area (Å²) >= 11 is 6.22. The molecular formula is C14H16ClN3O. The second-order valence-corrected chi connectivity index (χ2v) is 5.08. The van der Waals surface area contributed by atoms with Crippen LogP contribution in [0.4, 0.5) is 5.82 Å². The molecule has 4 nitrogen and oxygen atoms in total. The molecule has 1 heterocycles. The lowest BCUT2D eigenvalue weighted by Gasteiger charge is -2.13. The summed E-state index contributed by atoms with van der Waals surface area (Å²) in [5.41, 5.74) is 7.49. The van der Waals surface area contributed by atoms with Gasteiger partial charge in [-0.05, 0) is 36.1 Å². The summed E-state index contributed by atoms with van der Waals surface area (Å²) in [5, 5.41) is 0.753. The summed E-state index contributed by atoms with van der Waals surface area (Å²) in [6.07, 6.45) is 2.96. The van der Waals surface area contributed by atoms with Gasteiger partial charge in [-0.25, -0.2) is 9.97 Å². The van der Waals surface area contributed by atoms with Gasteiger partial charge in [0.2, 0.25) is 5.88 Å². The second kappa shape index (κ2) is 5.45. The molecule has 2 rings (SSSR count). The molecule has 0 saturated heterocycles. The summed E-state index contributed by atoms with van der Waals surface area (Å²) in [6, 6.07) is 3.84. The van der Waals surface area contributed by atoms with Crippen LogP contribution in [0.5, 0.6) is 11.6 Å². The van der Waals surface area contributed by atoms with Gasteiger partial charge >= 0.3 is 0 Å². The molecule has 0 unspecified atom stereocenters. The maximum absolute atomic E-state index is 6.22. The van der Waals surface area contributed by atoms with Crippen molar-refractivity contribution in [2.24, 2.45) is 0 Å². The molecule has 0 radical (unpaired) electrons. The molecule has 5 heteroatoms. The molecule has 1 aromatic carbocycles. The van der Waals surface area contributed by atoms with E-state index in [1.807, 2.05) is 19.1 Å². The molecule has 1 aromatic heterocycles. The first-order valence-corrected chi connectivity index (χ1v) is 6.40. The van der Waals surface area contributed by atoms with Gasteiger partial charge in [0.1, 0.15) is 11.6 Å². The van der Waals surface area contributed by atoms with Crippen molar-refractivity contribution in [3.8, 4) is 11.6 Å². The van der Waals surface area contributed by atoms with E-state index >= 15 is 0 Å². The van der Waals surface area contributed by atoms with E-state index in [4.69, 9.17) is 22.1 Å². The van der Waals surface area contributed by atoms with E-state index in [0.717, 1.165) is 21.9 Å². The Morgan fingerprint density at radius 3 is 2.53 bits per heavy atom. The maximum atomic E-state index is 6.22. The van der Waals surface area contributed by atoms with E-state index in [1.54, 1.807) is 0 Å². The number of nitrogens with zero attached hydrogens (tertiary/aromatic N) is 2. The molecule has 0 atom stereocenters. The fourth-order valence-electron chi connectivity index (χ4n) is 1.71. The normalized spacial score (nSPS) is 10.8. The van der Waals surface area contributed by atoms with Crippen LogP contribution < -0.4 is 10.5 Å². The van der Waals surface area contributed by atoms with Crippen molar-refractivity contribution in [2.75, 3.05) is 5.73 Å². The first-order chi connectivity index (χ1) is 8.97. The van der Waals surface area contributed by atoms with Gasteiger partial charge in [-0.15, -0.1) is 0 Å². The van der Waals surface area contributed by atoms with Gasteiger partial charge in [-0.1, -0.05) is 25.4 Å². The Labute approximate surface area is 117 Å². The molecular weight excluding hydrogens is 262 g/mol. The van der Waals surface area contributed by atoms with Crippen molar-refractivity contribution in [2.45, 2.75) is 26.7 Å². The first kappa shape index (κ1) is 13.6. The van der Waals surface area contributed by atoms with Gasteiger partial charge in [-0.3, -0.25) is 0 Å². The fourth-order valence-corrected chi connectivity index (χ4v) is 2.15. The predicted molar refractivity (Wildman–Crippen MR) is 76.8 cm³/mol. The van der Waals surface area contributed by atoms with Crippen LogP contribution in [-0.4, -0.2) is 9.97 Å². The number of nitrogens with two attached hydrogens (primary N) is 1. The van der Waals surface area contributed by atoms with Gasteiger partial charge in [0.25, 0.3) is 0 Å². The van der Waals surface area contributed by atoms with E-state index in [2.05, 4.69) is 23.8 Å². The molecule has 0 aliphatic heterocycles. The van der Waals surface area contributed by atoms with Crippen molar-refractivity contribution < 1.29 is 4.74 Å². The van der Waals surface area contributed by atoms with Crippen LogP contribution in [0.15, 0.2) is 24.5 Å². The third-order valence-corrected chi connectivity index (χ3v) is 3.11. The molecule has 0 spiro atoms. The standard InChI is InChI=1S/C14H16ClN3O/c1-8(2)10-5-12(9(3)4-11(10)15)19-14-7-17-13(16)6-18-14/h4-8H,1-3H3,(H2,16,17). The molecule has 2 aromatic rings. The zero-order valence-electron chi connectivity index (χ0n) is 11.1.